The van der Waals surface area contributed by atoms with Gasteiger partial charge in [0.1, 0.15) is 0 Å². The number of nitrogens with zero attached hydrogens (tertiary/aromatic N) is 5. The summed E-state index contributed by atoms with van der Waals surface area (Å²) in [6, 6.07) is 11.2. The summed E-state index contributed by atoms with van der Waals surface area (Å²) in [4.78, 5) is 27.7. The number of amides is 2. The van der Waals surface area contributed by atoms with Crippen LogP contribution in [0.3, 0.4) is 0 Å². The number of aryl methyl sites for hydroxylation is 1. The molecule has 144 valence electrons. The van der Waals surface area contributed by atoms with E-state index in [1.807, 2.05) is 46.7 Å². The normalized spacial score (nSPS) is 14.8. The van der Waals surface area contributed by atoms with Gasteiger partial charge in [0, 0.05) is 37.3 Å². The number of thiophene rings is 1. The molecule has 3 aromatic rings. The van der Waals surface area contributed by atoms with Crippen molar-refractivity contribution in [2.45, 2.75) is 12.8 Å². The quantitative estimate of drug-likeness (QED) is 0.731. The van der Waals surface area contributed by atoms with Gasteiger partial charge < -0.3 is 10.2 Å². The number of tetrazole rings is 1. The molecule has 0 bridgehead atoms. The molecular weight excluding hydrogens is 376 g/mol. The summed E-state index contributed by atoms with van der Waals surface area (Å²) in [5.74, 6) is 0.569. The van der Waals surface area contributed by atoms with Crippen LogP contribution in [0.1, 0.15) is 22.5 Å². The molecule has 28 heavy (non-hydrogen) atoms. The number of likely N-dealkylation sites (tertiary alicyclic amines) is 1. The van der Waals surface area contributed by atoms with Gasteiger partial charge in [0.2, 0.25) is 5.91 Å². The standard InChI is InChI=1S/C19H20N6O2S/c1-24-17(21-22-23-24)14-4-2-5-15(12-14)20-18(26)13-7-9-25(10-8-13)19(27)16-6-3-11-28-16/h2-6,11-13H,7-10H2,1H3,(H,20,26). The first kappa shape index (κ1) is 18.3. The van der Waals surface area contributed by atoms with Gasteiger partial charge in [-0.25, -0.2) is 4.68 Å². The van der Waals surface area contributed by atoms with Gasteiger partial charge in [-0.3, -0.25) is 9.59 Å². The first-order valence-corrected chi connectivity index (χ1v) is 9.96. The van der Waals surface area contributed by atoms with Gasteiger partial charge in [0.15, 0.2) is 5.82 Å². The van der Waals surface area contributed by atoms with Gasteiger partial charge in [0.25, 0.3) is 5.91 Å². The van der Waals surface area contributed by atoms with E-state index in [2.05, 4.69) is 20.8 Å². The van der Waals surface area contributed by atoms with E-state index in [-0.39, 0.29) is 17.7 Å². The molecule has 0 atom stereocenters. The third-order valence-corrected chi connectivity index (χ3v) is 5.75. The van der Waals surface area contributed by atoms with Crippen LogP contribution >= 0.6 is 11.3 Å². The van der Waals surface area contributed by atoms with Crippen molar-refractivity contribution in [3.8, 4) is 11.4 Å². The third-order valence-electron chi connectivity index (χ3n) is 4.89. The number of aromatic nitrogens is 4. The van der Waals surface area contributed by atoms with Gasteiger partial charge >= 0.3 is 0 Å². The predicted octanol–water partition coefficient (Wildman–Crippen LogP) is 2.43. The van der Waals surface area contributed by atoms with Crippen molar-refractivity contribution in [3.05, 3.63) is 46.7 Å². The first-order chi connectivity index (χ1) is 13.6. The van der Waals surface area contributed by atoms with Crippen LogP contribution in [0.25, 0.3) is 11.4 Å². The zero-order valence-electron chi connectivity index (χ0n) is 15.4. The minimum Gasteiger partial charge on any atom is -0.338 e. The average Bonchev–Trinajstić information content (AvgIpc) is 3.39. The number of benzene rings is 1. The number of carbonyl (C=O) groups excluding carboxylic acids is 2. The highest BCUT2D eigenvalue weighted by molar-refractivity contribution is 7.12. The minimum atomic E-state index is -0.104. The molecule has 1 aliphatic heterocycles. The van der Waals surface area contributed by atoms with Gasteiger partial charge in [-0.1, -0.05) is 18.2 Å². The Morgan fingerprint density at radius 1 is 1.18 bits per heavy atom. The van der Waals surface area contributed by atoms with E-state index >= 15 is 0 Å². The molecule has 0 unspecified atom stereocenters. The second-order valence-corrected chi connectivity index (χ2v) is 7.69. The maximum atomic E-state index is 12.7. The molecule has 1 N–H and O–H groups in total. The topological polar surface area (TPSA) is 93.0 Å². The monoisotopic (exact) mass is 396 g/mol. The molecule has 0 saturated carbocycles. The number of hydrogen-bond acceptors (Lipinski definition) is 6. The molecule has 1 aromatic carbocycles. The first-order valence-electron chi connectivity index (χ1n) is 9.08. The highest BCUT2D eigenvalue weighted by Crippen LogP contribution is 2.24. The van der Waals surface area contributed by atoms with E-state index in [4.69, 9.17) is 0 Å². The summed E-state index contributed by atoms with van der Waals surface area (Å²) in [6.07, 6.45) is 1.33. The van der Waals surface area contributed by atoms with Crippen molar-refractivity contribution >= 4 is 28.8 Å². The molecule has 8 nitrogen and oxygen atoms in total. The highest BCUT2D eigenvalue weighted by Gasteiger charge is 2.28. The number of rotatable bonds is 4. The molecule has 1 saturated heterocycles. The van der Waals surface area contributed by atoms with E-state index < -0.39 is 0 Å². The Kier molecular flexibility index (Phi) is 5.16. The Bertz CT molecular complexity index is 976. The number of piperidine rings is 1. The lowest BCUT2D eigenvalue weighted by atomic mass is 9.95. The molecule has 3 heterocycles. The molecule has 1 fully saturated rings. The molecule has 0 radical (unpaired) electrons. The van der Waals surface area contributed by atoms with Crippen LogP contribution in [0.2, 0.25) is 0 Å². The van der Waals surface area contributed by atoms with Crippen molar-refractivity contribution in [3.63, 3.8) is 0 Å². The summed E-state index contributed by atoms with van der Waals surface area (Å²) >= 11 is 1.45. The van der Waals surface area contributed by atoms with Gasteiger partial charge in [-0.2, -0.15) is 0 Å². The molecule has 9 heteroatoms. The predicted molar refractivity (Wildman–Crippen MR) is 106 cm³/mol. The van der Waals surface area contributed by atoms with E-state index in [1.165, 1.54) is 11.3 Å². The Morgan fingerprint density at radius 3 is 2.68 bits per heavy atom. The molecule has 4 rings (SSSR count). The molecule has 0 spiro atoms. The fourth-order valence-corrected chi connectivity index (χ4v) is 4.05. The second kappa shape index (κ2) is 7.89. The van der Waals surface area contributed by atoms with Gasteiger partial charge in [-0.15, -0.1) is 16.4 Å². The lowest BCUT2D eigenvalue weighted by molar-refractivity contribution is -0.121. The Balaban J connectivity index is 1.36. The van der Waals surface area contributed by atoms with Crippen LogP contribution in [0.15, 0.2) is 41.8 Å². The largest absolute Gasteiger partial charge is 0.338 e. The average molecular weight is 396 g/mol. The van der Waals surface area contributed by atoms with Crippen LogP contribution in [0.5, 0.6) is 0 Å². The third kappa shape index (κ3) is 3.79. The van der Waals surface area contributed by atoms with Crippen LogP contribution < -0.4 is 5.32 Å². The van der Waals surface area contributed by atoms with Gasteiger partial charge in [0.05, 0.1) is 4.88 Å². The summed E-state index contributed by atoms with van der Waals surface area (Å²) in [6.45, 7) is 1.19. The molecule has 0 aliphatic carbocycles. The van der Waals surface area contributed by atoms with Crippen molar-refractivity contribution in [1.82, 2.24) is 25.1 Å². The van der Waals surface area contributed by atoms with E-state index in [1.54, 1.807) is 11.7 Å². The molecule has 1 aliphatic rings. The van der Waals surface area contributed by atoms with Crippen LogP contribution in [-0.4, -0.2) is 50.0 Å². The van der Waals surface area contributed by atoms with Crippen molar-refractivity contribution in [2.24, 2.45) is 13.0 Å². The fraction of sp³-hybridized carbons (Fsp3) is 0.316. The lowest BCUT2D eigenvalue weighted by Gasteiger charge is -2.31. The van der Waals surface area contributed by atoms with E-state index in [0.29, 0.717) is 37.4 Å². The second-order valence-electron chi connectivity index (χ2n) is 6.74. The number of anilines is 1. The van der Waals surface area contributed by atoms with Gasteiger partial charge in [-0.05, 0) is 46.8 Å². The lowest BCUT2D eigenvalue weighted by Crippen LogP contribution is -2.41. The summed E-state index contributed by atoms with van der Waals surface area (Å²) in [5.41, 5.74) is 1.55. The number of nitrogens with one attached hydrogen (secondary N) is 1. The summed E-state index contributed by atoms with van der Waals surface area (Å²) < 4.78 is 1.58. The van der Waals surface area contributed by atoms with E-state index in [9.17, 15) is 9.59 Å². The maximum Gasteiger partial charge on any atom is 0.263 e. The Hall–Kier alpha value is -3.07. The zero-order valence-corrected chi connectivity index (χ0v) is 16.2. The van der Waals surface area contributed by atoms with Crippen LogP contribution in [-0.2, 0) is 11.8 Å². The van der Waals surface area contributed by atoms with Crippen molar-refractivity contribution < 1.29 is 9.59 Å². The van der Waals surface area contributed by atoms with Crippen molar-refractivity contribution in [1.29, 1.82) is 0 Å². The Morgan fingerprint density at radius 2 is 2.00 bits per heavy atom. The smallest absolute Gasteiger partial charge is 0.263 e. The summed E-state index contributed by atoms with van der Waals surface area (Å²) in [5, 5.41) is 16.4. The van der Waals surface area contributed by atoms with Crippen molar-refractivity contribution in [2.75, 3.05) is 18.4 Å². The molecule has 2 aromatic heterocycles. The van der Waals surface area contributed by atoms with Crippen LogP contribution in [0, 0.1) is 5.92 Å². The molecular formula is C19H20N6O2S. The Labute approximate surface area is 166 Å². The van der Waals surface area contributed by atoms with E-state index in [0.717, 1.165) is 10.4 Å². The molecule has 2 amide bonds. The maximum absolute atomic E-state index is 12.7. The summed E-state index contributed by atoms with van der Waals surface area (Å²) in [7, 11) is 1.77. The SMILES string of the molecule is Cn1nnnc1-c1cccc(NC(=O)C2CCN(C(=O)c3cccs3)CC2)c1. The number of carbonyl (C=O) groups is 2. The highest BCUT2D eigenvalue weighted by atomic mass is 32.1. The number of hydrogen-bond donors (Lipinski definition) is 1. The minimum absolute atomic E-state index is 0.0172. The fourth-order valence-electron chi connectivity index (χ4n) is 3.36. The van der Waals surface area contributed by atoms with Crippen LogP contribution in [0.4, 0.5) is 5.69 Å². The zero-order chi connectivity index (χ0) is 19.5.